The van der Waals surface area contributed by atoms with E-state index in [1.165, 1.54) is 0 Å². The summed E-state index contributed by atoms with van der Waals surface area (Å²) in [5.74, 6) is 0.549. The van der Waals surface area contributed by atoms with E-state index < -0.39 is 11.7 Å². The van der Waals surface area contributed by atoms with Gasteiger partial charge in [-0.15, -0.1) is 0 Å². The molecular formula is C21H33NO4. The molecule has 0 bridgehead atoms. The van der Waals surface area contributed by atoms with Gasteiger partial charge in [0, 0.05) is 24.4 Å². The van der Waals surface area contributed by atoms with Gasteiger partial charge >= 0.3 is 5.97 Å². The standard InChI is InChI=1S/C21H33NO4/c1-8-22-14-10-11-16-15(12-14)18(24-9-2)19(21(6,7)26-16)25-17(23)13-20(3,4)5/h10-12,18-19,22H,8-9,13H2,1-7H3. The van der Waals surface area contributed by atoms with Gasteiger partial charge in [-0.3, -0.25) is 4.79 Å². The SMILES string of the molecule is CCNc1ccc2c(c1)C(OCC)C(OC(=O)CC(C)(C)C)C(C)(C)O2. The number of fused-ring (bicyclic) bond motifs is 1. The first-order valence-electron chi connectivity index (χ1n) is 9.45. The lowest BCUT2D eigenvalue weighted by Gasteiger charge is -2.44. The maximum absolute atomic E-state index is 12.5. The van der Waals surface area contributed by atoms with Crippen molar-refractivity contribution in [3.63, 3.8) is 0 Å². The molecule has 0 spiro atoms. The zero-order valence-electron chi connectivity index (χ0n) is 17.1. The van der Waals surface area contributed by atoms with Crippen molar-refractivity contribution in [3.05, 3.63) is 23.8 Å². The van der Waals surface area contributed by atoms with Gasteiger partial charge in [-0.1, -0.05) is 20.8 Å². The van der Waals surface area contributed by atoms with E-state index in [2.05, 4.69) is 12.2 Å². The molecule has 0 aliphatic carbocycles. The van der Waals surface area contributed by atoms with E-state index in [0.717, 1.165) is 23.5 Å². The molecule has 0 amide bonds. The van der Waals surface area contributed by atoms with Gasteiger partial charge in [0.05, 0.1) is 6.42 Å². The molecule has 146 valence electrons. The van der Waals surface area contributed by atoms with Crippen molar-refractivity contribution in [2.75, 3.05) is 18.5 Å². The van der Waals surface area contributed by atoms with Gasteiger partial charge < -0.3 is 19.5 Å². The molecule has 26 heavy (non-hydrogen) atoms. The summed E-state index contributed by atoms with van der Waals surface area (Å²) < 4.78 is 18.1. The third kappa shape index (κ3) is 4.91. The lowest BCUT2D eigenvalue weighted by molar-refractivity contribution is -0.185. The van der Waals surface area contributed by atoms with Crippen LogP contribution in [0, 0.1) is 5.41 Å². The Kier molecular flexibility index (Phi) is 6.22. The quantitative estimate of drug-likeness (QED) is 0.742. The van der Waals surface area contributed by atoms with E-state index >= 15 is 0 Å². The minimum absolute atomic E-state index is 0.131. The highest BCUT2D eigenvalue weighted by atomic mass is 16.6. The van der Waals surface area contributed by atoms with E-state index in [4.69, 9.17) is 14.2 Å². The first-order chi connectivity index (χ1) is 12.1. The van der Waals surface area contributed by atoms with E-state index in [1.807, 2.05) is 59.7 Å². The molecule has 0 radical (unpaired) electrons. The molecule has 0 aromatic heterocycles. The number of carbonyl (C=O) groups excluding carboxylic acids is 1. The van der Waals surface area contributed by atoms with Crippen LogP contribution in [0.15, 0.2) is 18.2 Å². The number of benzene rings is 1. The first-order valence-corrected chi connectivity index (χ1v) is 9.45. The average molecular weight is 363 g/mol. The summed E-state index contributed by atoms with van der Waals surface area (Å²) in [6.07, 6.45) is -0.522. The maximum atomic E-state index is 12.5. The Morgan fingerprint density at radius 2 is 1.96 bits per heavy atom. The third-order valence-electron chi connectivity index (χ3n) is 4.31. The molecule has 1 aromatic carbocycles. The number of anilines is 1. The van der Waals surface area contributed by atoms with Gasteiger partial charge in [-0.2, -0.15) is 0 Å². The van der Waals surface area contributed by atoms with Gasteiger partial charge in [-0.05, 0) is 51.3 Å². The Morgan fingerprint density at radius 1 is 1.27 bits per heavy atom. The highest BCUT2D eigenvalue weighted by molar-refractivity contribution is 5.70. The Balaban J connectivity index is 2.36. The van der Waals surface area contributed by atoms with Gasteiger partial charge in [-0.25, -0.2) is 0 Å². The molecule has 0 saturated heterocycles. The van der Waals surface area contributed by atoms with E-state index in [-0.39, 0.29) is 17.5 Å². The van der Waals surface area contributed by atoms with Crippen LogP contribution in [0.3, 0.4) is 0 Å². The highest BCUT2D eigenvalue weighted by Crippen LogP contribution is 2.44. The fourth-order valence-corrected chi connectivity index (χ4v) is 3.22. The first kappa shape index (κ1) is 20.6. The van der Waals surface area contributed by atoms with Crippen LogP contribution in [0.25, 0.3) is 0 Å². The zero-order chi connectivity index (χ0) is 19.5. The molecule has 2 atom stereocenters. The van der Waals surface area contributed by atoms with Crippen molar-refractivity contribution in [1.82, 2.24) is 0 Å². The van der Waals surface area contributed by atoms with Crippen molar-refractivity contribution in [3.8, 4) is 5.75 Å². The van der Waals surface area contributed by atoms with Crippen LogP contribution in [-0.2, 0) is 14.3 Å². The summed E-state index contributed by atoms with van der Waals surface area (Å²) in [4.78, 5) is 12.5. The second kappa shape index (κ2) is 7.87. The Morgan fingerprint density at radius 3 is 2.54 bits per heavy atom. The second-order valence-electron chi connectivity index (χ2n) is 8.51. The summed E-state index contributed by atoms with van der Waals surface area (Å²) in [5.41, 5.74) is 1.10. The van der Waals surface area contributed by atoms with E-state index in [1.54, 1.807) is 0 Å². The third-order valence-corrected chi connectivity index (χ3v) is 4.31. The van der Waals surface area contributed by atoms with Crippen LogP contribution in [0.1, 0.15) is 66.6 Å². The summed E-state index contributed by atoms with van der Waals surface area (Å²) in [5, 5.41) is 3.31. The number of ether oxygens (including phenoxy) is 3. The summed E-state index contributed by atoms with van der Waals surface area (Å²) in [7, 11) is 0. The predicted molar refractivity (Wildman–Crippen MR) is 104 cm³/mol. The van der Waals surface area contributed by atoms with Crippen molar-refractivity contribution in [2.45, 2.75) is 72.7 Å². The minimum atomic E-state index is -0.680. The molecule has 1 aliphatic rings. The normalized spacial score (nSPS) is 21.5. The van der Waals surface area contributed by atoms with Gasteiger partial charge in [0.2, 0.25) is 0 Å². The van der Waals surface area contributed by atoms with Crippen LogP contribution in [-0.4, -0.2) is 30.8 Å². The topological polar surface area (TPSA) is 56.8 Å². The zero-order valence-corrected chi connectivity index (χ0v) is 17.1. The number of esters is 1. The molecule has 0 saturated carbocycles. The molecule has 0 fully saturated rings. The fourth-order valence-electron chi connectivity index (χ4n) is 3.22. The van der Waals surface area contributed by atoms with Gasteiger partial charge in [0.15, 0.2) is 6.10 Å². The molecule has 2 unspecified atom stereocenters. The van der Waals surface area contributed by atoms with Crippen LogP contribution in [0.2, 0.25) is 0 Å². The molecule has 5 heteroatoms. The number of carbonyl (C=O) groups is 1. The number of nitrogens with one attached hydrogen (secondary N) is 1. The maximum Gasteiger partial charge on any atom is 0.306 e. The fraction of sp³-hybridized carbons (Fsp3) is 0.667. The van der Waals surface area contributed by atoms with Gasteiger partial charge in [0.25, 0.3) is 0 Å². The van der Waals surface area contributed by atoms with Crippen molar-refractivity contribution in [2.24, 2.45) is 5.41 Å². The van der Waals surface area contributed by atoms with Crippen LogP contribution < -0.4 is 10.1 Å². The summed E-state index contributed by atoms with van der Waals surface area (Å²) in [6, 6.07) is 5.97. The molecule has 1 N–H and O–H groups in total. The highest BCUT2D eigenvalue weighted by Gasteiger charge is 2.47. The number of rotatable bonds is 6. The Hall–Kier alpha value is -1.75. The molecule has 1 aromatic rings. The number of hydrogen-bond acceptors (Lipinski definition) is 5. The summed E-state index contributed by atoms with van der Waals surface area (Å²) >= 11 is 0. The second-order valence-corrected chi connectivity index (χ2v) is 8.51. The molecule has 1 heterocycles. The molecule has 5 nitrogen and oxygen atoms in total. The van der Waals surface area contributed by atoms with Crippen LogP contribution in [0.4, 0.5) is 5.69 Å². The van der Waals surface area contributed by atoms with E-state index in [9.17, 15) is 4.79 Å². The Bertz CT molecular complexity index is 633. The Labute approximate surface area is 157 Å². The molecule has 1 aliphatic heterocycles. The van der Waals surface area contributed by atoms with Crippen molar-refractivity contribution in [1.29, 1.82) is 0 Å². The molecular weight excluding hydrogens is 330 g/mol. The lowest BCUT2D eigenvalue weighted by Crippen LogP contribution is -2.52. The van der Waals surface area contributed by atoms with Crippen LogP contribution >= 0.6 is 0 Å². The number of hydrogen-bond donors (Lipinski definition) is 1. The van der Waals surface area contributed by atoms with Crippen molar-refractivity contribution >= 4 is 11.7 Å². The summed E-state index contributed by atoms with van der Waals surface area (Å²) in [6.45, 7) is 15.3. The smallest absolute Gasteiger partial charge is 0.306 e. The van der Waals surface area contributed by atoms with E-state index in [0.29, 0.717) is 13.0 Å². The predicted octanol–water partition coefficient (Wildman–Crippen LogP) is 4.72. The lowest BCUT2D eigenvalue weighted by atomic mass is 9.87. The van der Waals surface area contributed by atoms with Crippen molar-refractivity contribution < 1.29 is 19.0 Å². The largest absolute Gasteiger partial charge is 0.483 e. The monoisotopic (exact) mass is 363 g/mol. The van der Waals surface area contributed by atoms with Crippen LogP contribution in [0.5, 0.6) is 5.75 Å². The minimum Gasteiger partial charge on any atom is -0.483 e. The molecule has 2 rings (SSSR count). The average Bonchev–Trinajstić information content (AvgIpc) is 2.49. The van der Waals surface area contributed by atoms with Gasteiger partial charge in [0.1, 0.15) is 17.5 Å².